The second kappa shape index (κ2) is 4.31. The summed E-state index contributed by atoms with van der Waals surface area (Å²) < 4.78 is 0. The van der Waals surface area contributed by atoms with E-state index in [1.165, 1.54) is 22.3 Å². The lowest BCUT2D eigenvalue weighted by Crippen LogP contribution is -1.91. The van der Waals surface area contributed by atoms with Crippen molar-refractivity contribution in [1.29, 1.82) is 0 Å². The molecule has 0 spiro atoms. The van der Waals surface area contributed by atoms with Gasteiger partial charge in [-0.15, -0.1) is 0 Å². The van der Waals surface area contributed by atoms with Crippen LogP contribution in [-0.2, 0) is 0 Å². The Bertz CT molecular complexity index is 441. The molecular formula is C15H15. The van der Waals surface area contributed by atoms with Gasteiger partial charge in [0.15, 0.2) is 0 Å². The van der Waals surface area contributed by atoms with Gasteiger partial charge in [-0.05, 0) is 36.1 Å². The minimum absolute atomic E-state index is 1.26. The average molecular weight is 195 g/mol. The van der Waals surface area contributed by atoms with Gasteiger partial charge >= 0.3 is 0 Å². The van der Waals surface area contributed by atoms with Crippen LogP contribution in [0.1, 0.15) is 22.3 Å². The van der Waals surface area contributed by atoms with E-state index in [0.29, 0.717) is 0 Å². The first kappa shape index (κ1) is 9.97. The maximum Gasteiger partial charge on any atom is 0.0202 e. The van der Waals surface area contributed by atoms with Gasteiger partial charge in [0.25, 0.3) is 0 Å². The molecule has 0 nitrogen and oxygen atoms in total. The Morgan fingerprint density at radius 3 is 2.27 bits per heavy atom. The van der Waals surface area contributed by atoms with Crippen LogP contribution in [0, 0.1) is 20.3 Å². The zero-order chi connectivity index (χ0) is 10.7. The van der Waals surface area contributed by atoms with Crippen molar-refractivity contribution >= 4 is 0 Å². The van der Waals surface area contributed by atoms with Gasteiger partial charge in [-0.25, -0.2) is 0 Å². The first-order valence-corrected chi connectivity index (χ1v) is 5.23. The molecule has 0 heteroatoms. The van der Waals surface area contributed by atoms with Crippen LogP contribution in [0.5, 0.6) is 0 Å². The normalized spacial score (nSPS) is 10.3. The van der Waals surface area contributed by atoms with Crippen LogP contribution in [0.25, 0.3) is 0 Å². The topological polar surface area (TPSA) is 0 Å². The standard InChI is InChI=1S/C15H15/c1-12-7-6-10-15(13(12)2)11-14-8-4-3-5-9-14/h3-11H,1-2H3. The summed E-state index contributed by atoms with van der Waals surface area (Å²) in [5.74, 6) is 0. The van der Waals surface area contributed by atoms with E-state index in [1.54, 1.807) is 0 Å². The molecule has 0 aromatic heterocycles. The van der Waals surface area contributed by atoms with Crippen molar-refractivity contribution in [3.8, 4) is 0 Å². The molecule has 0 fully saturated rings. The third kappa shape index (κ3) is 2.27. The number of aryl methyl sites for hydroxylation is 1. The molecule has 1 radical (unpaired) electrons. The third-order valence-electron chi connectivity index (χ3n) is 2.77. The molecule has 2 rings (SSSR count). The molecule has 0 saturated heterocycles. The molecule has 0 unspecified atom stereocenters. The van der Waals surface area contributed by atoms with Crippen molar-refractivity contribution in [3.05, 3.63) is 77.2 Å². The lowest BCUT2D eigenvalue weighted by molar-refractivity contribution is 1.27. The lowest BCUT2D eigenvalue weighted by atomic mass is 9.97. The highest BCUT2D eigenvalue weighted by Crippen LogP contribution is 2.18. The van der Waals surface area contributed by atoms with Crippen molar-refractivity contribution in [3.63, 3.8) is 0 Å². The number of benzene rings is 2. The Morgan fingerprint density at radius 1 is 0.800 bits per heavy atom. The zero-order valence-electron chi connectivity index (χ0n) is 9.20. The molecular weight excluding hydrogens is 180 g/mol. The molecule has 0 amide bonds. The molecule has 0 atom stereocenters. The molecule has 0 aliphatic rings. The van der Waals surface area contributed by atoms with E-state index in [4.69, 9.17) is 0 Å². The van der Waals surface area contributed by atoms with Crippen LogP contribution in [-0.4, -0.2) is 0 Å². The number of rotatable bonds is 2. The average Bonchev–Trinajstić information content (AvgIpc) is 2.26. The zero-order valence-corrected chi connectivity index (χ0v) is 9.20. The van der Waals surface area contributed by atoms with Crippen molar-refractivity contribution in [2.45, 2.75) is 13.8 Å². The Kier molecular flexibility index (Phi) is 2.86. The van der Waals surface area contributed by atoms with Crippen LogP contribution in [0.4, 0.5) is 0 Å². The number of hydrogen-bond acceptors (Lipinski definition) is 0. The highest BCUT2D eigenvalue weighted by atomic mass is 14.1. The maximum atomic E-state index is 2.22. The van der Waals surface area contributed by atoms with E-state index in [1.807, 2.05) is 6.07 Å². The van der Waals surface area contributed by atoms with Crippen LogP contribution in [0.3, 0.4) is 0 Å². The summed E-state index contributed by atoms with van der Waals surface area (Å²) in [6.45, 7) is 4.32. The highest BCUT2D eigenvalue weighted by molar-refractivity contribution is 5.44. The van der Waals surface area contributed by atoms with Crippen molar-refractivity contribution in [2.75, 3.05) is 0 Å². The number of hydrogen-bond donors (Lipinski definition) is 0. The molecule has 2 aromatic carbocycles. The van der Waals surface area contributed by atoms with Gasteiger partial charge in [0.1, 0.15) is 0 Å². The molecule has 0 aliphatic carbocycles. The Hall–Kier alpha value is -1.56. The first-order valence-electron chi connectivity index (χ1n) is 5.23. The van der Waals surface area contributed by atoms with Crippen molar-refractivity contribution in [2.24, 2.45) is 0 Å². The second-order valence-corrected chi connectivity index (χ2v) is 3.84. The highest BCUT2D eigenvalue weighted by Gasteiger charge is 2.01. The summed E-state index contributed by atoms with van der Waals surface area (Å²) >= 11 is 0. The summed E-state index contributed by atoms with van der Waals surface area (Å²) in [7, 11) is 0. The van der Waals surface area contributed by atoms with Crippen LogP contribution < -0.4 is 0 Å². The fourth-order valence-corrected chi connectivity index (χ4v) is 1.66. The Balaban J connectivity index is 2.29. The van der Waals surface area contributed by atoms with Crippen molar-refractivity contribution < 1.29 is 0 Å². The Morgan fingerprint density at radius 2 is 1.53 bits per heavy atom. The van der Waals surface area contributed by atoms with Crippen LogP contribution >= 0.6 is 0 Å². The summed E-state index contributed by atoms with van der Waals surface area (Å²) in [4.78, 5) is 0. The summed E-state index contributed by atoms with van der Waals surface area (Å²) in [5.41, 5.74) is 5.27. The minimum Gasteiger partial charge on any atom is -0.0622 e. The molecule has 2 aromatic rings. The molecule has 0 aliphatic heterocycles. The van der Waals surface area contributed by atoms with Gasteiger partial charge in [0.05, 0.1) is 0 Å². The molecule has 0 bridgehead atoms. The summed E-state index contributed by atoms with van der Waals surface area (Å²) in [5, 5.41) is 0. The summed E-state index contributed by atoms with van der Waals surface area (Å²) in [6.07, 6.45) is 2.22. The van der Waals surface area contributed by atoms with Gasteiger partial charge in [0, 0.05) is 6.42 Å². The van der Waals surface area contributed by atoms with Gasteiger partial charge in [0.2, 0.25) is 0 Å². The maximum absolute atomic E-state index is 2.22. The van der Waals surface area contributed by atoms with E-state index in [2.05, 4.69) is 62.7 Å². The van der Waals surface area contributed by atoms with Gasteiger partial charge in [-0.3, -0.25) is 0 Å². The predicted octanol–water partition coefficient (Wildman–Crippen LogP) is 3.90. The van der Waals surface area contributed by atoms with Crippen LogP contribution in [0.15, 0.2) is 48.5 Å². The molecule has 0 heterocycles. The second-order valence-electron chi connectivity index (χ2n) is 3.84. The van der Waals surface area contributed by atoms with E-state index in [9.17, 15) is 0 Å². The van der Waals surface area contributed by atoms with E-state index >= 15 is 0 Å². The van der Waals surface area contributed by atoms with Gasteiger partial charge in [-0.2, -0.15) is 0 Å². The SMILES string of the molecule is Cc1cccc([CH]c2ccccc2)c1C. The smallest absolute Gasteiger partial charge is 0.0202 e. The molecule has 0 N–H and O–H groups in total. The molecule has 0 saturated carbocycles. The monoisotopic (exact) mass is 195 g/mol. The fraction of sp³-hybridized carbons (Fsp3) is 0.133. The lowest BCUT2D eigenvalue weighted by Gasteiger charge is -2.07. The third-order valence-corrected chi connectivity index (χ3v) is 2.77. The largest absolute Gasteiger partial charge is 0.0622 e. The molecule has 75 valence electrons. The fourth-order valence-electron chi connectivity index (χ4n) is 1.66. The quantitative estimate of drug-likeness (QED) is 0.681. The van der Waals surface area contributed by atoms with Gasteiger partial charge in [-0.1, -0.05) is 48.5 Å². The minimum atomic E-state index is 1.26. The summed E-state index contributed by atoms with van der Waals surface area (Å²) in [6, 6.07) is 16.8. The van der Waals surface area contributed by atoms with Crippen molar-refractivity contribution in [1.82, 2.24) is 0 Å². The first-order chi connectivity index (χ1) is 7.27. The van der Waals surface area contributed by atoms with E-state index in [0.717, 1.165) is 0 Å². The van der Waals surface area contributed by atoms with E-state index < -0.39 is 0 Å². The van der Waals surface area contributed by atoms with E-state index in [-0.39, 0.29) is 0 Å². The molecule has 15 heavy (non-hydrogen) atoms. The Labute approximate surface area is 91.6 Å². The van der Waals surface area contributed by atoms with Gasteiger partial charge < -0.3 is 0 Å². The van der Waals surface area contributed by atoms with Crippen LogP contribution in [0.2, 0.25) is 0 Å². The predicted molar refractivity (Wildman–Crippen MR) is 64.9 cm³/mol.